The number of esters is 2. The van der Waals surface area contributed by atoms with Crippen molar-refractivity contribution in [2.24, 2.45) is 0 Å². The van der Waals surface area contributed by atoms with Crippen LogP contribution in [0.25, 0.3) is 0 Å². The van der Waals surface area contributed by atoms with Gasteiger partial charge in [-0.3, -0.25) is 23.2 Å². The summed E-state index contributed by atoms with van der Waals surface area (Å²) >= 11 is 0. The van der Waals surface area contributed by atoms with Gasteiger partial charge in [-0.05, 0) is 76.7 Å². The van der Waals surface area contributed by atoms with E-state index >= 15 is 0 Å². The number of nitrogen functional groups attached to an aromatic ring is 1. The number of ether oxygens (including phenoxy) is 3. The molecule has 1 aliphatic heterocycles. The van der Waals surface area contributed by atoms with Crippen LogP contribution in [0.5, 0.6) is 0 Å². The Bertz CT molecular complexity index is 2290. The Morgan fingerprint density at radius 1 is 0.711 bits per heavy atom. The van der Waals surface area contributed by atoms with Gasteiger partial charge in [-0.1, -0.05) is 155 Å². The molecule has 424 valence electrons. The van der Waals surface area contributed by atoms with E-state index < -0.39 is 95.9 Å². The molecule has 1 aromatic heterocycles. The Kier molecular flexibility index (Phi) is 35.6. The number of carbonyl (C=O) groups excluding carboxylic acids is 2. The molecule has 22 heteroatoms. The fraction of sp³-hybridized carbons (Fsp3) is 0.519. The van der Waals surface area contributed by atoms with Gasteiger partial charge >= 0.3 is 33.3 Å². The molecule has 0 aliphatic carbocycles. The number of hydrogen-bond donors (Lipinski definition) is 7. The van der Waals surface area contributed by atoms with Gasteiger partial charge in [-0.2, -0.15) is 9.29 Å². The van der Waals surface area contributed by atoms with Crippen LogP contribution in [0.2, 0.25) is 0 Å². The van der Waals surface area contributed by atoms with Gasteiger partial charge in [0.15, 0.2) is 12.3 Å². The molecule has 2 rings (SSSR count). The Hall–Kier alpha value is -4.92. The Morgan fingerprint density at radius 2 is 1.25 bits per heavy atom. The van der Waals surface area contributed by atoms with E-state index in [0.29, 0.717) is 19.3 Å². The summed E-state index contributed by atoms with van der Waals surface area (Å²) in [6.07, 6.45) is 40.7. The lowest BCUT2D eigenvalue weighted by Gasteiger charge is -2.21. The van der Waals surface area contributed by atoms with Crippen molar-refractivity contribution in [2.45, 2.75) is 159 Å². The SMILES string of the molecule is CC/C=C\C/C=C\C/C=C\C/C=C\C/C=C\C/C=C\CCC(=O)OC[C@H](COP(=O)(O)OP(=O)(O)OC[C@H]1O[C@@H](n2ccc(N)nc2=O)[C@H](O)[C@@H]1O)OC(=O)CCC[C@H](O)/C=C/C=C\C/C=C\C=C\[C@H](O)CCCCC. The minimum Gasteiger partial charge on any atom is -0.462 e. The average molecular weight is 1110 g/mol. The number of aliphatic hydroxyl groups is 4. The lowest BCUT2D eigenvalue weighted by molar-refractivity contribution is -0.161. The van der Waals surface area contributed by atoms with E-state index in [-0.39, 0.29) is 31.5 Å². The van der Waals surface area contributed by atoms with E-state index in [2.05, 4.69) is 71.8 Å². The maximum Gasteiger partial charge on any atom is 0.481 e. The number of allylic oxidation sites excluding steroid dienone is 18. The molecule has 0 radical (unpaired) electrons. The highest BCUT2D eigenvalue weighted by atomic mass is 31.3. The first-order valence-corrected chi connectivity index (χ1v) is 28.8. The third-order valence-electron chi connectivity index (χ3n) is 10.8. The number of carbonyl (C=O) groups is 2. The van der Waals surface area contributed by atoms with Crippen LogP contribution in [0.1, 0.15) is 123 Å². The first kappa shape index (κ1) is 67.2. The van der Waals surface area contributed by atoms with Crippen LogP contribution in [-0.4, -0.2) is 108 Å². The zero-order valence-electron chi connectivity index (χ0n) is 43.7. The molecule has 1 saturated heterocycles. The van der Waals surface area contributed by atoms with Crippen molar-refractivity contribution in [2.75, 3.05) is 25.6 Å². The first-order valence-electron chi connectivity index (χ1n) is 25.8. The minimum atomic E-state index is -5.51. The van der Waals surface area contributed by atoms with Crippen molar-refractivity contribution in [3.8, 4) is 0 Å². The van der Waals surface area contributed by atoms with Crippen molar-refractivity contribution in [3.05, 3.63) is 144 Å². The summed E-state index contributed by atoms with van der Waals surface area (Å²) in [6, 6.07) is 1.23. The van der Waals surface area contributed by atoms with Gasteiger partial charge < -0.3 is 50.2 Å². The maximum absolute atomic E-state index is 12.9. The van der Waals surface area contributed by atoms with Gasteiger partial charge in [0.25, 0.3) is 0 Å². The fourth-order valence-corrected chi connectivity index (χ4v) is 8.84. The summed E-state index contributed by atoms with van der Waals surface area (Å²) < 4.78 is 56.5. The molecule has 8 N–H and O–H groups in total. The van der Waals surface area contributed by atoms with Crippen molar-refractivity contribution in [1.82, 2.24) is 9.55 Å². The van der Waals surface area contributed by atoms with Gasteiger partial charge in [-0.15, -0.1) is 0 Å². The Morgan fingerprint density at radius 3 is 1.82 bits per heavy atom. The molecular weight excluding hydrogens is 1020 g/mol. The second-order valence-electron chi connectivity index (χ2n) is 17.3. The van der Waals surface area contributed by atoms with E-state index in [1.807, 2.05) is 36.5 Å². The minimum absolute atomic E-state index is 0.0555. The largest absolute Gasteiger partial charge is 0.481 e. The third kappa shape index (κ3) is 32.6. The molecule has 0 aromatic carbocycles. The summed E-state index contributed by atoms with van der Waals surface area (Å²) in [4.78, 5) is 61.9. The summed E-state index contributed by atoms with van der Waals surface area (Å²) in [5, 5.41) is 41.3. The lowest BCUT2D eigenvalue weighted by Crippen LogP contribution is -2.36. The van der Waals surface area contributed by atoms with Gasteiger partial charge in [0, 0.05) is 19.0 Å². The molecule has 1 aromatic rings. The predicted octanol–water partition coefficient (Wildman–Crippen LogP) is 8.72. The number of phosphoric ester groups is 2. The topological polar surface area (TPSA) is 306 Å². The molecule has 1 aliphatic rings. The molecule has 2 heterocycles. The van der Waals surface area contributed by atoms with Gasteiger partial charge in [0.05, 0.1) is 25.4 Å². The number of rotatable bonds is 40. The van der Waals surface area contributed by atoms with Crippen LogP contribution >= 0.6 is 15.6 Å². The van der Waals surface area contributed by atoms with Crippen LogP contribution in [0.3, 0.4) is 0 Å². The normalized spacial score (nSPS) is 20.5. The summed E-state index contributed by atoms with van der Waals surface area (Å²) in [6.45, 7) is 1.63. The van der Waals surface area contributed by atoms with Crippen molar-refractivity contribution in [1.29, 1.82) is 0 Å². The van der Waals surface area contributed by atoms with Crippen molar-refractivity contribution >= 4 is 33.4 Å². The fourth-order valence-electron chi connectivity index (χ4n) is 6.73. The van der Waals surface area contributed by atoms with Crippen LogP contribution < -0.4 is 11.4 Å². The van der Waals surface area contributed by atoms with Gasteiger partial charge in [-0.25, -0.2) is 13.9 Å². The zero-order valence-corrected chi connectivity index (χ0v) is 45.5. The summed E-state index contributed by atoms with van der Waals surface area (Å²) in [5.41, 5.74) is 4.56. The number of aromatic nitrogens is 2. The number of phosphoric acid groups is 2. The number of nitrogens with two attached hydrogens (primary N) is 1. The summed E-state index contributed by atoms with van der Waals surface area (Å²) in [5.74, 6) is -1.66. The van der Waals surface area contributed by atoms with Crippen LogP contribution in [0, 0.1) is 0 Å². The number of hydrogen-bond acceptors (Lipinski definition) is 17. The molecule has 0 amide bonds. The number of unbranched alkanes of at least 4 members (excludes halogenated alkanes) is 2. The van der Waals surface area contributed by atoms with Crippen molar-refractivity contribution < 1.29 is 76.5 Å². The number of nitrogens with zero attached hydrogens (tertiary/aromatic N) is 2. The smallest absolute Gasteiger partial charge is 0.462 e. The van der Waals surface area contributed by atoms with Crippen molar-refractivity contribution in [3.63, 3.8) is 0 Å². The first-order chi connectivity index (χ1) is 36.5. The van der Waals surface area contributed by atoms with Crippen LogP contribution in [-0.2, 0) is 46.3 Å². The van der Waals surface area contributed by atoms with Crippen LogP contribution in [0.15, 0.2) is 139 Å². The lowest BCUT2D eigenvalue weighted by atomic mass is 10.1. The Labute approximate surface area is 447 Å². The molecule has 0 bridgehead atoms. The van der Waals surface area contributed by atoms with E-state index in [9.17, 15) is 53.7 Å². The molecular formula is C54H81N3O17P2. The molecule has 9 atom stereocenters. The maximum atomic E-state index is 12.9. The van der Waals surface area contributed by atoms with Crippen LogP contribution in [0.4, 0.5) is 5.82 Å². The molecule has 0 saturated carbocycles. The second-order valence-corrected chi connectivity index (χ2v) is 20.4. The molecule has 0 spiro atoms. The van der Waals surface area contributed by atoms with Gasteiger partial charge in [0.2, 0.25) is 0 Å². The highest BCUT2D eigenvalue weighted by Gasteiger charge is 2.46. The second kappa shape index (κ2) is 40.3. The third-order valence-corrected chi connectivity index (χ3v) is 13.4. The monoisotopic (exact) mass is 1110 g/mol. The Balaban J connectivity index is 1.90. The quantitative estimate of drug-likeness (QED) is 0.0106. The number of anilines is 1. The highest BCUT2D eigenvalue weighted by Crippen LogP contribution is 2.60. The molecule has 1 fully saturated rings. The molecule has 2 unspecified atom stereocenters. The average Bonchev–Trinajstić information content (AvgIpc) is 3.65. The number of aliphatic hydroxyl groups excluding tert-OH is 4. The highest BCUT2D eigenvalue weighted by molar-refractivity contribution is 7.61. The van der Waals surface area contributed by atoms with E-state index in [4.69, 9.17) is 29.0 Å². The predicted molar refractivity (Wildman–Crippen MR) is 291 cm³/mol. The standard InChI is InChI=1S/C54H81N3O17P2/c1-3-5-7-8-9-10-11-12-13-14-15-16-17-18-19-20-24-27-31-37-49(60)69-41-46(72-50(61)38-32-36-45(59)35-30-26-23-21-22-25-29-34-44(58)33-28-6-4-2)42-70-75(65,66)74-76(67,68)71-43-47-51(62)52(63)53(73-47)57-40-39-48(55)56-54(57)64/h5,7,9-10,12-13,15-16,18-19,22-27,29-30,34-35,39-40,44-47,51-53,58-59,62-63H,3-4,6,8,11,14,17,20-21,28,31-33,36-38,41-43H2,1-2H3,(H,65,66)(H,67,68)(H2,55,56,64)/b7-5-,10-9-,13-12-,16-15-,19-18-,25-22-,26-23-,27-24-,34-29+,35-30+/t44-,45-,46-,47-,51-,52-,53-/m1/s1. The molecule has 76 heavy (non-hydrogen) atoms. The van der Waals surface area contributed by atoms with E-state index in [1.54, 1.807) is 36.5 Å². The van der Waals surface area contributed by atoms with Gasteiger partial charge in [0.1, 0.15) is 30.7 Å². The van der Waals surface area contributed by atoms with E-state index in [0.717, 1.165) is 68.6 Å². The molecule has 20 nitrogen and oxygen atoms in total. The zero-order chi connectivity index (χ0) is 55.9. The van der Waals surface area contributed by atoms with E-state index in [1.165, 1.54) is 6.07 Å². The summed E-state index contributed by atoms with van der Waals surface area (Å²) in [7, 11) is -11.0.